The monoisotopic (exact) mass is 776 g/mol. The Kier molecular flexibility index (Phi) is 26.7. The number of amides is 2. The van der Waals surface area contributed by atoms with E-state index >= 15 is 0 Å². The second-order valence-corrected chi connectivity index (χ2v) is 12.4. The van der Waals surface area contributed by atoms with Crippen LogP contribution in [0.15, 0.2) is 36.4 Å². The summed E-state index contributed by atoms with van der Waals surface area (Å²) in [7, 11) is 0. The number of carbonyl (C=O) groups excluding carboxylic acids is 5. The van der Waals surface area contributed by atoms with E-state index in [9.17, 15) is 32.3 Å². The van der Waals surface area contributed by atoms with Gasteiger partial charge < -0.3 is 41.1 Å². The van der Waals surface area contributed by atoms with Crippen LogP contribution in [-0.4, -0.2) is 105 Å². The zero-order valence-electron chi connectivity index (χ0n) is 31.5. The first kappa shape index (κ1) is 51.7. The zero-order chi connectivity index (χ0) is 37.2. The standard InChI is InChI=1S/C16H21FN2O3.C9H18N2O2.C7H4F2O.CH2O3.2K.H/c1-16(2,3)22-15(21)19-9-7-18(8-10-19)14-6-4-5-13(17)12(14)11-20;1-9(2,3)13-8(12)11-6-4-10-5-7-11;8-6-2-1-3-7(9)5(6)4-10;2-1-4-3;;;/h4-6,11H,7-10H2,1-3H3;10H,4-7H2,1-3H3;1-4H;1,3H;;;/q;;;;2*+1;-1/p-1. The molecular weight excluding hydrogens is 732 g/mol. The van der Waals surface area contributed by atoms with Crippen molar-refractivity contribution in [1.82, 2.24) is 15.1 Å². The molecule has 2 amide bonds. The quantitative estimate of drug-likeness (QED) is 0.156. The van der Waals surface area contributed by atoms with Crippen molar-refractivity contribution in [3.05, 3.63) is 65.0 Å². The van der Waals surface area contributed by atoms with E-state index in [-0.39, 0.29) is 140 Å². The van der Waals surface area contributed by atoms with Crippen molar-refractivity contribution >= 4 is 36.9 Å². The molecule has 0 aromatic heterocycles. The van der Waals surface area contributed by atoms with Gasteiger partial charge in [-0.25, -0.2) is 22.8 Å². The van der Waals surface area contributed by atoms with Crippen LogP contribution in [0.5, 0.6) is 0 Å². The summed E-state index contributed by atoms with van der Waals surface area (Å²) in [6.07, 6.45) is 0.145. The van der Waals surface area contributed by atoms with E-state index in [0.29, 0.717) is 38.2 Å². The van der Waals surface area contributed by atoms with Crippen molar-refractivity contribution in [2.75, 3.05) is 57.3 Å². The maximum absolute atomic E-state index is 13.7. The third-order valence-corrected chi connectivity index (χ3v) is 6.35. The fourth-order valence-corrected chi connectivity index (χ4v) is 4.17. The summed E-state index contributed by atoms with van der Waals surface area (Å²) in [4.78, 5) is 61.1. The van der Waals surface area contributed by atoms with Gasteiger partial charge in [-0.05, 0) is 65.8 Å². The Labute approximate surface area is 383 Å². The second kappa shape index (κ2) is 26.4. The Balaban J connectivity index is -0.000000686. The predicted octanol–water partition coefficient (Wildman–Crippen LogP) is -2.15. The molecule has 0 spiro atoms. The van der Waals surface area contributed by atoms with Gasteiger partial charge in [-0.1, -0.05) is 12.1 Å². The Morgan fingerprint density at radius 1 is 0.706 bits per heavy atom. The van der Waals surface area contributed by atoms with Crippen molar-refractivity contribution in [3.8, 4) is 0 Å². The summed E-state index contributed by atoms with van der Waals surface area (Å²) >= 11 is 0. The van der Waals surface area contributed by atoms with E-state index in [2.05, 4.69) is 10.2 Å². The molecule has 274 valence electrons. The Morgan fingerprint density at radius 2 is 1.08 bits per heavy atom. The first-order valence-corrected chi connectivity index (χ1v) is 15.2. The Morgan fingerprint density at radius 3 is 1.43 bits per heavy atom. The third-order valence-electron chi connectivity index (χ3n) is 6.35. The minimum Gasteiger partial charge on any atom is -1.00 e. The maximum Gasteiger partial charge on any atom is 1.00 e. The van der Waals surface area contributed by atoms with Crippen LogP contribution in [0.1, 0.15) is 63.7 Å². The number of ether oxygens (including phenoxy) is 2. The summed E-state index contributed by atoms with van der Waals surface area (Å²) in [5, 5.41) is 11.6. The number of hydrogen-bond acceptors (Lipinski definition) is 11. The number of carbonyl (C=O) groups is 5. The fraction of sp³-hybridized carbons (Fsp3) is 0.485. The maximum atomic E-state index is 13.7. The molecule has 2 saturated heterocycles. The Bertz CT molecular complexity index is 1370. The largest absolute Gasteiger partial charge is 1.00 e. The van der Waals surface area contributed by atoms with Crippen molar-refractivity contribution in [2.24, 2.45) is 0 Å². The number of nitrogens with zero attached hydrogens (tertiary/aromatic N) is 3. The normalized spacial score (nSPS) is 13.7. The predicted molar refractivity (Wildman–Crippen MR) is 172 cm³/mol. The SMILES string of the molecule is CC(C)(C)OC(=O)N1CCN(c2cccc(F)c2C=O)CC1.CC(C)(C)OC(=O)N1CCNCC1.O=CO[O-].O=Cc1c(F)cccc1F.[H-].[K+].[K+]. The fourth-order valence-electron chi connectivity index (χ4n) is 4.17. The van der Waals surface area contributed by atoms with Crippen molar-refractivity contribution in [2.45, 2.75) is 52.7 Å². The van der Waals surface area contributed by atoms with Crippen molar-refractivity contribution in [1.29, 1.82) is 0 Å². The molecule has 0 atom stereocenters. The van der Waals surface area contributed by atoms with Gasteiger partial charge in [0.15, 0.2) is 12.6 Å². The molecule has 2 aliphatic rings. The van der Waals surface area contributed by atoms with E-state index in [1.807, 2.05) is 46.4 Å². The molecule has 2 fully saturated rings. The van der Waals surface area contributed by atoms with Gasteiger partial charge in [0.25, 0.3) is 6.47 Å². The number of benzene rings is 2. The summed E-state index contributed by atoms with van der Waals surface area (Å²) in [6.45, 7) is 16.2. The van der Waals surface area contributed by atoms with Crippen LogP contribution in [0.4, 0.5) is 28.4 Å². The molecule has 0 unspecified atom stereocenters. The molecule has 18 heteroatoms. The number of rotatable bonds is 4. The topological polar surface area (TPSA) is 158 Å². The average Bonchev–Trinajstić information content (AvgIpc) is 3.04. The van der Waals surface area contributed by atoms with Crippen LogP contribution in [0.25, 0.3) is 0 Å². The van der Waals surface area contributed by atoms with Gasteiger partial charge >= 0.3 is 115 Å². The van der Waals surface area contributed by atoms with Crippen molar-refractivity contribution < 1.29 is 161 Å². The number of hydrogen-bond donors (Lipinski definition) is 1. The molecule has 1 N–H and O–H groups in total. The molecule has 2 aliphatic heterocycles. The van der Waals surface area contributed by atoms with E-state index in [1.165, 1.54) is 12.1 Å². The first-order valence-electron chi connectivity index (χ1n) is 15.2. The summed E-state index contributed by atoms with van der Waals surface area (Å²) in [6, 6.07) is 7.84. The smallest absolute Gasteiger partial charge is 1.00 e. The second-order valence-electron chi connectivity index (χ2n) is 12.4. The van der Waals surface area contributed by atoms with Gasteiger partial charge in [-0.2, -0.15) is 0 Å². The molecule has 51 heavy (non-hydrogen) atoms. The molecule has 0 saturated carbocycles. The van der Waals surface area contributed by atoms with Crippen LogP contribution >= 0.6 is 0 Å². The molecule has 0 bridgehead atoms. The summed E-state index contributed by atoms with van der Waals surface area (Å²) in [5.74, 6) is -2.17. The Hall–Kier alpha value is -1.43. The van der Waals surface area contributed by atoms with E-state index in [4.69, 9.17) is 19.5 Å². The summed E-state index contributed by atoms with van der Waals surface area (Å²) < 4.78 is 49.0. The van der Waals surface area contributed by atoms with Crippen molar-refractivity contribution in [3.63, 3.8) is 0 Å². The molecule has 2 aromatic carbocycles. The van der Waals surface area contributed by atoms with Crippen LogP contribution in [0, 0.1) is 17.5 Å². The number of aldehydes is 2. The molecule has 2 aromatic rings. The van der Waals surface area contributed by atoms with Crippen LogP contribution in [0.3, 0.4) is 0 Å². The number of piperazine rings is 2. The van der Waals surface area contributed by atoms with Crippen LogP contribution in [0.2, 0.25) is 0 Å². The number of halogens is 3. The first-order chi connectivity index (χ1) is 23.0. The van der Waals surface area contributed by atoms with E-state index < -0.39 is 28.6 Å². The molecule has 0 aliphatic carbocycles. The van der Waals surface area contributed by atoms with Gasteiger partial charge in [0, 0.05) is 52.4 Å². The van der Waals surface area contributed by atoms with Crippen LogP contribution in [-0.2, 0) is 19.2 Å². The van der Waals surface area contributed by atoms with Gasteiger partial charge in [-0.3, -0.25) is 14.4 Å². The minimum absolute atomic E-state index is 0. The van der Waals surface area contributed by atoms with E-state index in [0.717, 1.165) is 38.3 Å². The molecule has 0 radical (unpaired) electrons. The minimum atomic E-state index is -0.824. The number of anilines is 1. The third kappa shape index (κ3) is 20.6. The molecule has 13 nitrogen and oxygen atoms in total. The van der Waals surface area contributed by atoms with E-state index in [1.54, 1.807) is 21.9 Å². The molecular formula is C33H45F3K2N4O9. The summed E-state index contributed by atoms with van der Waals surface area (Å²) in [5.41, 5.74) is -0.793. The molecule has 2 heterocycles. The van der Waals surface area contributed by atoms with Gasteiger partial charge in [0.05, 0.1) is 16.8 Å². The molecule has 4 rings (SSSR count). The van der Waals surface area contributed by atoms with Gasteiger partial charge in [0.2, 0.25) is 0 Å². The van der Waals surface area contributed by atoms with Gasteiger partial charge in [-0.15, -0.1) is 0 Å². The van der Waals surface area contributed by atoms with Crippen LogP contribution < -0.4 is 118 Å². The van der Waals surface area contributed by atoms with Gasteiger partial charge in [0.1, 0.15) is 28.7 Å². The average molecular weight is 777 g/mol. The zero-order valence-corrected chi connectivity index (χ0v) is 36.7. The number of nitrogens with one attached hydrogen (secondary N) is 1.